The van der Waals surface area contributed by atoms with Crippen LogP contribution < -0.4 is 10.6 Å². The summed E-state index contributed by atoms with van der Waals surface area (Å²) in [6.45, 7) is 6.06. The van der Waals surface area contributed by atoms with Crippen molar-refractivity contribution in [1.82, 2.24) is 9.97 Å². The molecule has 3 rings (SSSR count). The quantitative estimate of drug-likeness (QED) is 0.492. The number of anilines is 4. The number of nitrogens with zero attached hydrogens (tertiary/aromatic N) is 3. The molecule has 30 heavy (non-hydrogen) atoms. The van der Waals surface area contributed by atoms with E-state index in [2.05, 4.69) is 54.7 Å². The third kappa shape index (κ3) is 4.58. The molecule has 0 radical (unpaired) electrons. The fraction of sp³-hybridized carbons (Fsp3) is 0.182. The number of nitrogens with one attached hydrogen (secondary N) is 2. The average Bonchev–Trinajstić information content (AvgIpc) is 2.72. The van der Waals surface area contributed by atoms with Gasteiger partial charge in [-0.3, -0.25) is 0 Å². The van der Waals surface area contributed by atoms with E-state index >= 15 is 0 Å². The highest BCUT2D eigenvalue weighted by Gasteiger charge is 2.20. The molecule has 2 N–H and O–H groups in total. The Labute approximate surface area is 183 Å². The maximum atomic E-state index is 12.3. The normalized spacial score (nSPS) is 10.3. The van der Waals surface area contributed by atoms with Gasteiger partial charge in [-0.25, -0.2) is 9.78 Å². The first kappa shape index (κ1) is 21.3. The van der Waals surface area contributed by atoms with E-state index < -0.39 is 5.97 Å². The highest BCUT2D eigenvalue weighted by atomic mass is 79.9. The lowest BCUT2D eigenvalue weighted by Crippen LogP contribution is -2.12. The maximum Gasteiger partial charge on any atom is 0.358 e. The molecule has 0 aliphatic heterocycles. The lowest BCUT2D eigenvalue weighted by molar-refractivity contribution is 0.0593. The van der Waals surface area contributed by atoms with Gasteiger partial charge in [0.15, 0.2) is 11.5 Å². The monoisotopic (exact) mass is 465 g/mol. The van der Waals surface area contributed by atoms with Gasteiger partial charge in [-0.2, -0.15) is 10.2 Å². The summed E-state index contributed by atoms with van der Waals surface area (Å²) in [5, 5.41) is 15.3. The smallest absolute Gasteiger partial charge is 0.358 e. The Hall–Kier alpha value is -3.44. The maximum absolute atomic E-state index is 12.3. The van der Waals surface area contributed by atoms with E-state index in [4.69, 9.17) is 10.00 Å². The molecule has 2 aromatic carbocycles. The molecule has 0 aliphatic carbocycles. The number of nitriles is 1. The molecule has 3 aromatic rings. The van der Waals surface area contributed by atoms with Gasteiger partial charge in [0.25, 0.3) is 0 Å². The summed E-state index contributed by atoms with van der Waals surface area (Å²) in [6, 6.07) is 13.1. The highest BCUT2D eigenvalue weighted by molar-refractivity contribution is 9.10. The number of benzene rings is 2. The standard InChI is InChI=1S/C22H20BrN5O2/c1-12-9-13(2)18(14(3)10-12)26-20-17(23)19(21(29)30-4)27-22(28-20)25-16-7-5-15(11-24)6-8-16/h5-10H,1-4H3,(H2,25,26,27,28). The van der Waals surface area contributed by atoms with Crippen molar-refractivity contribution in [2.45, 2.75) is 20.8 Å². The molecule has 0 saturated carbocycles. The van der Waals surface area contributed by atoms with Crippen molar-refractivity contribution in [3.63, 3.8) is 0 Å². The van der Waals surface area contributed by atoms with E-state index in [-0.39, 0.29) is 11.6 Å². The van der Waals surface area contributed by atoms with Crippen LogP contribution >= 0.6 is 15.9 Å². The van der Waals surface area contributed by atoms with Gasteiger partial charge in [-0.05, 0) is 72.1 Å². The Bertz CT molecular complexity index is 1130. The molecule has 152 valence electrons. The van der Waals surface area contributed by atoms with E-state index in [9.17, 15) is 4.79 Å². The van der Waals surface area contributed by atoms with Gasteiger partial charge >= 0.3 is 5.97 Å². The minimum atomic E-state index is -0.590. The zero-order valence-corrected chi connectivity index (χ0v) is 18.6. The number of ether oxygens (including phenoxy) is 1. The molecule has 0 saturated heterocycles. The average molecular weight is 466 g/mol. The molecular weight excluding hydrogens is 446 g/mol. The Balaban J connectivity index is 2.04. The lowest BCUT2D eigenvalue weighted by Gasteiger charge is -2.16. The summed E-state index contributed by atoms with van der Waals surface area (Å²) in [7, 11) is 1.30. The van der Waals surface area contributed by atoms with Crippen LogP contribution in [0.1, 0.15) is 32.7 Å². The molecule has 0 aliphatic rings. The summed E-state index contributed by atoms with van der Waals surface area (Å²) in [5.74, 6) is 0.0531. The van der Waals surface area contributed by atoms with Crippen LogP contribution in [0.25, 0.3) is 0 Å². The van der Waals surface area contributed by atoms with Crippen LogP contribution in [0.15, 0.2) is 40.9 Å². The Kier molecular flexibility index (Phi) is 6.33. The van der Waals surface area contributed by atoms with E-state index in [0.717, 1.165) is 22.4 Å². The topological polar surface area (TPSA) is 99.9 Å². The zero-order valence-electron chi connectivity index (χ0n) is 17.0. The molecule has 0 atom stereocenters. The number of aryl methyl sites for hydroxylation is 3. The second kappa shape index (κ2) is 8.93. The number of rotatable bonds is 5. The van der Waals surface area contributed by atoms with Gasteiger partial charge in [-0.1, -0.05) is 17.7 Å². The van der Waals surface area contributed by atoms with Gasteiger partial charge in [0.1, 0.15) is 0 Å². The van der Waals surface area contributed by atoms with Crippen LogP contribution in [0.4, 0.5) is 23.1 Å². The van der Waals surface area contributed by atoms with Crippen molar-refractivity contribution >= 4 is 45.0 Å². The first-order valence-corrected chi connectivity index (χ1v) is 9.89. The first-order valence-electron chi connectivity index (χ1n) is 9.10. The molecule has 8 heteroatoms. The molecule has 1 aromatic heterocycles. The molecule has 7 nitrogen and oxygen atoms in total. The third-order valence-corrected chi connectivity index (χ3v) is 5.17. The van der Waals surface area contributed by atoms with Gasteiger partial charge in [0.05, 0.1) is 23.2 Å². The molecule has 0 spiro atoms. The van der Waals surface area contributed by atoms with Crippen molar-refractivity contribution in [1.29, 1.82) is 5.26 Å². The second-order valence-electron chi connectivity index (χ2n) is 6.76. The van der Waals surface area contributed by atoms with Gasteiger partial charge in [0.2, 0.25) is 5.95 Å². The second-order valence-corrected chi connectivity index (χ2v) is 7.56. The van der Waals surface area contributed by atoms with Gasteiger partial charge in [-0.15, -0.1) is 0 Å². The Morgan fingerprint density at radius 2 is 1.70 bits per heavy atom. The molecule has 0 amide bonds. The number of aromatic nitrogens is 2. The van der Waals surface area contributed by atoms with Gasteiger partial charge < -0.3 is 15.4 Å². The van der Waals surface area contributed by atoms with Crippen molar-refractivity contribution in [3.8, 4) is 6.07 Å². The number of carbonyl (C=O) groups is 1. The summed E-state index contributed by atoms with van der Waals surface area (Å²) in [4.78, 5) is 21.1. The summed E-state index contributed by atoms with van der Waals surface area (Å²) in [6.07, 6.45) is 0. The third-order valence-electron chi connectivity index (χ3n) is 4.42. The fourth-order valence-corrected chi connectivity index (χ4v) is 3.51. The van der Waals surface area contributed by atoms with E-state index in [0.29, 0.717) is 21.5 Å². The Morgan fingerprint density at radius 3 is 2.27 bits per heavy atom. The largest absolute Gasteiger partial charge is 0.464 e. The van der Waals surface area contributed by atoms with Crippen molar-refractivity contribution in [3.05, 3.63) is 68.8 Å². The van der Waals surface area contributed by atoms with E-state index in [1.165, 1.54) is 7.11 Å². The van der Waals surface area contributed by atoms with E-state index in [1.54, 1.807) is 24.3 Å². The molecular formula is C22H20BrN5O2. The predicted molar refractivity (Wildman–Crippen MR) is 119 cm³/mol. The van der Waals surface area contributed by atoms with Crippen molar-refractivity contribution in [2.24, 2.45) is 0 Å². The number of halogens is 1. The zero-order chi connectivity index (χ0) is 21.8. The number of esters is 1. The predicted octanol–water partition coefficient (Wildman–Crippen LogP) is 5.31. The molecule has 0 fully saturated rings. The minimum Gasteiger partial charge on any atom is -0.464 e. The van der Waals surface area contributed by atoms with Crippen LogP contribution in [-0.4, -0.2) is 23.0 Å². The highest BCUT2D eigenvalue weighted by Crippen LogP contribution is 2.32. The lowest BCUT2D eigenvalue weighted by atomic mass is 10.1. The summed E-state index contributed by atoms with van der Waals surface area (Å²) >= 11 is 3.43. The van der Waals surface area contributed by atoms with Crippen LogP contribution in [0.3, 0.4) is 0 Å². The van der Waals surface area contributed by atoms with Crippen LogP contribution in [0, 0.1) is 32.1 Å². The number of carbonyl (C=O) groups excluding carboxylic acids is 1. The first-order chi connectivity index (χ1) is 14.3. The molecule has 1 heterocycles. The van der Waals surface area contributed by atoms with Crippen molar-refractivity contribution < 1.29 is 9.53 Å². The molecule has 0 bridgehead atoms. The fourth-order valence-electron chi connectivity index (χ4n) is 3.07. The SMILES string of the molecule is COC(=O)c1nc(Nc2ccc(C#N)cc2)nc(Nc2c(C)cc(C)cc2C)c1Br. The van der Waals surface area contributed by atoms with Crippen molar-refractivity contribution in [2.75, 3.05) is 17.7 Å². The summed E-state index contributed by atoms with van der Waals surface area (Å²) in [5.41, 5.74) is 5.49. The van der Waals surface area contributed by atoms with Gasteiger partial charge in [0, 0.05) is 11.4 Å². The van der Waals surface area contributed by atoms with E-state index in [1.807, 2.05) is 20.8 Å². The number of hydrogen-bond acceptors (Lipinski definition) is 7. The number of hydrogen-bond donors (Lipinski definition) is 2. The minimum absolute atomic E-state index is 0.0913. The summed E-state index contributed by atoms with van der Waals surface area (Å²) < 4.78 is 5.27. The van der Waals surface area contributed by atoms with Crippen LogP contribution in [0.2, 0.25) is 0 Å². The van der Waals surface area contributed by atoms with Crippen LogP contribution in [-0.2, 0) is 4.74 Å². The number of methoxy groups -OCH3 is 1. The Morgan fingerprint density at radius 1 is 1.07 bits per heavy atom. The van der Waals surface area contributed by atoms with Crippen LogP contribution in [0.5, 0.6) is 0 Å². The molecule has 0 unspecified atom stereocenters.